The van der Waals surface area contributed by atoms with Gasteiger partial charge in [0, 0.05) is 63.9 Å². The number of amides is 2. The highest BCUT2D eigenvalue weighted by atomic mass is 19.3. The molecule has 1 heterocycles. The van der Waals surface area contributed by atoms with E-state index >= 15 is 0 Å². The Morgan fingerprint density at radius 3 is 1.44 bits per heavy atom. The zero-order valence-corrected chi connectivity index (χ0v) is 25.7. The molecule has 0 saturated heterocycles. The van der Waals surface area contributed by atoms with Crippen molar-refractivity contribution in [1.82, 2.24) is 25.6 Å². The Labute approximate surface area is 249 Å². The van der Waals surface area contributed by atoms with Gasteiger partial charge in [-0.05, 0) is 54.4 Å². The first kappa shape index (κ1) is 34.2. The first-order valence-corrected chi connectivity index (χ1v) is 14.5. The lowest BCUT2D eigenvalue weighted by Crippen LogP contribution is -2.45. The average Bonchev–Trinajstić information content (AvgIpc) is 2.78. The molecule has 0 spiro atoms. The fourth-order valence-electron chi connectivity index (χ4n) is 4.39. The predicted octanol–water partition coefficient (Wildman–Crippen LogP) is 4.93. The smallest absolute Gasteiger partial charge is 0.407 e. The molecule has 2 aliphatic carbocycles. The van der Waals surface area contributed by atoms with Gasteiger partial charge in [-0.15, -0.1) is 0 Å². The van der Waals surface area contributed by atoms with Crippen LogP contribution in [0.15, 0.2) is 0 Å². The summed E-state index contributed by atoms with van der Waals surface area (Å²) in [6.45, 7) is 11.8. The molecule has 16 heteroatoms. The van der Waals surface area contributed by atoms with Crippen molar-refractivity contribution in [1.29, 1.82) is 0 Å². The molecular weight excluding hydrogens is 576 g/mol. The number of carbonyl (C=O) groups excluding carboxylic acids is 2. The van der Waals surface area contributed by atoms with Gasteiger partial charge in [0.05, 0.1) is 0 Å². The lowest BCUT2D eigenvalue weighted by atomic mass is 9.88. The van der Waals surface area contributed by atoms with Gasteiger partial charge >= 0.3 is 12.2 Å². The SMILES string of the molecule is CC(C)(C)OC(=O)NCCCN(CCCNC(=O)OC(C)(C)C)c1nc(NC2CC(F)(F)C2)nc(NC2CC(F)(F)C2)n1. The zero-order chi connectivity index (χ0) is 32.1. The summed E-state index contributed by atoms with van der Waals surface area (Å²) in [7, 11) is 0. The topological polar surface area (TPSA) is 143 Å². The largest absolute Gasteiger partial charge is 0.444 e. The second kappa shape index (κ2) is 13.5. The Hall–Kier alpha value is -3.33. The number of rotatable bonds is 13. The van der Waals surface area contributed by atoms with Crippen molar-refractivity contribution in [2.45, 2.75) is 115 Å². The highest BCUT2D eigenvalue weighted by Gasteiger charge is 2.47. The van der Waals surface area contributed by atoms with E-state index < -0.39 is 47.3 Å². The van der Waals surface area contributed by atoms with Crippen LogP contribution in [0.2, 0.25) is 0 Å². The van der Waals surface area contributed by atoms with Gasteiger partial charge in [-0.1, -0.05) is 0 Å². The molecule has 244 valence electrons. The van der Waals surface area contributed by atoms with Gasteiger partial charge in [0.2, 0.25) is 17.8 Å². The number of hydrogen-bond acceptors (Lipinski definition) is 10. The molecule has 2 aliphatic rings. The van der Waals surface area contributed by atoms with E-state index in [0.717, 1.165) is 0 Å². The molecule has 2 saturated carbocycles. The standard InChI is InChI=1S/C27H44F4N8O4/c1-24(2,3)42-22(40)32-9-7-11-39(12-8-10-33-23(41)43-25(4,5)6)21-37-19(34-17-13-26(28,29)14-17)36-20(38-21)35-18-15-27(30,31)16-18/h17-18H,7-16H2,1-6H3,(H,32,40)(H,33,41)(H2,34,35,36,37,38). The lowest BCUT2D eigenvalue weighted by molar-refractivity contribution is -0.0799. The lowest BCUT2D eigenvalue weighted by Gasteiger charge is -2.36. The minimum absolute atomic E-state index is 0.0443. The Kier molecular flexibility index (Phi) is 10.8. The third kappa shape index (κ3) is 12.4. The minimum atomic E-state index is -2.76. The van der Waals surface area contributed by atoms with Crippen LogP contribution in [0.25, 0.3) is 0 Å². The maximum atomic E-state index is 13.5. The van der Waals surface area contributed by atoms with E-state index in [4.69, 9.17) is 9.47 Å². The van der Waals surface area contributed by atoms with Crippen molar-refractivity contribution >= 4 is 30.0 Å². The molecule has 0 atom stereocenters. The monoisotopic (exact) mass is 620 g/mol. The molecule has 0 aliphatic heterocycles. The van der Waals surface area contributed by atoms with Crippen LogP contribution in [0, 0.1) is 0 Å². The first-order chi connectivity index (χ1) is 19.8. The van der Waals surface area contributed by atoms with E-state index in [1.165, 1.54) is 0 Å². The van der Waals surface area contributed by atoms with E-state index in [2.05, 4.69) is 36.2 Å². The average molecular weight is 621 g/mol. The Morgan fingerprint density at radius 1 is 0.744 bits per heavy atom. The van der Waals surface area contributed by atoms with Gasteiger partial charge in [-0.25, -0.2) is 27.2 Å². The van der Waals surface area contributed by atoms with E-state index in [-0.39, 0.29) is 56.6 Å². The van der Waals surface area contributed by atoms with Crippen molar-refractivity contribution in [2.75, 3.05) is 41.7 Å². The van der Waals surface area contributed by atoms with Crippen LogP contribution in [0.3, 0.4) is 0 Å². The maximum Gasteiger partial charge on any atom is 0.407 e. The molecule has 3 rings (SSSR count). The summed E-state index contributed by atoms with van der Waals surface area (Å²) >= 11 is 0. The second-order valence-electron chi connectivity index (χ2n) is 13.0. The third-order valence-corrected chi connectivity index (χ3v) is 6.30. The molecule has 0 unspecified atom stereocenters. The van der Waals surface area contributed by atoms with E-state index in [9.17, 15) is 27.2 Å². The van der Waals surface area contributed by atoms with E-state index in [0.29, 0.717) is 25.9 Å². The number of carbonyl (C=O) groups is 2. The normalized spacial score (nSPS) is 18.1. The number of alkyl halides is 4. The van der Waals surface area contributed by atoms with Crippen molar-refractivity contribution in [3.8, 4) is 0 Å². The van der Waals surface area contributed by atoms with E-state index in [1.54, 1.807) is 46.4 Å². The van der Waals surface area contributed by atoms with Crippen molar-refractivity contribution in [3.63, 3.8) is 0 Å². The van der Waals surface area contributed by atoms with Crippen molar-refractivity contribution in [2.24, 2.45) is 0 Å². The summed E-state index contributed by atoms with van der Waals surface area (Å²) in [4.78, 5) is 39.0. The van der Waals surface area contributed by atoms with Crippen LogP contribution in [0.1, 0.15) is 80.1 Å². The van der Waals surface area contributed by atoms with Crippen LogP contribution >= 0.6 is 0 Å². The van der Waals surface area contributed by atoms with E-state index in [1.807, 2.05) is 0 Å². The zero-order valence-electron chi connectivity index (χ0n) is 25.7. The molecule has 0 bridgehead atoms. The van der Waals surface area contributed by atoms with Gasteiger partial charge in [0.1, 0.15) is 11.2 Å². The van der Waals surface area contributed by atoms with Gasteiger partial charge in [-0.2, -0.15) is 15.0 Å². The number of anilines is 3. The van der Waals surface area contributed by atoms with Crippen LogP contribution < -0.4 is 26.2 Å². The number of halogens is 4. The van der Waals surface area contributed by atoms with Gasteiger partial charge in [0.15, 0.2) is 0 Å². The predicted molar refractivity (Wildman–Crippen MR) is 153 cm³/mol. The molecular formula is C27H44F4N8O4. The molecule has 2 fully saturated rings. The summed E-state index contributed by atoms with van der Waals surface area (Å²) < 4.78 is 64.3. The van der Waals surface area contributed by atoms with Crippen LogP contribution in [0.4, 0.5) is 45.0 Å². The first-order valence-electron chi connectivity index (χ1n) is 14.5. The molecule has 0 radical (unpaired) electrons. The van der Waals surface area contributed by atoms with Gasteiger partial charge in [0.25, 0.3) is 11.8 Å². The highest BCUT2D eigenvalue weighted by molar-refractivity contribution is 5.68. The highest BCUT2D eigenvalue weighted by Crippen LogP contribution is 2.40. The second-order valence-corrected chi connectivity index (χ2v) is 13.0. The quantitative estimate of drug-likeness (QED) is 0.177. The van der Waals surface area contributed by atoms with Crippen molar-refractivity contribution < 1.29 is 36.6 Å². The molecule has 1 aromatic heterocycles. The minimum Gasteiger partial charge on any atom is -0.444 e. The van der Waals surface area contributed by atoms with Gasteiger partial charge in [-0.3, -0.25) is 0 Å². The Bertz CT molecular complexity index is 1020. The fourth-order valence-corrected chi connectivity index (χ4v) is 4.39. The number of aromatic nitrogens is 3. The molecule has 4 N–H and O–H groups in total. The number of hydrogen-bond donors (Lipinski definition) is 4. The number of nitrogens with one attached hydrogen (secondary N) is 4. The maximum absolute atomic E-state index is 13.5. The summed E-state index contributed by atoms with van der Waals surface area (Å²) in [5.41, 5.74) is -1.30. The molecule has 43 heavy (non-hydrogen) atoms. The van der Waals surface area contributed by atoms with Crippen molar-refractivity contribution in [3.05, 3.63) is 0 Å². The summed E-state index contributed by atoms with van der Waals surface area (Å²) in [6, 6.07) is -1.09. The number of ether oxygens (including phenoxy) is 2. The Balaban J connectivity index is 1.71. The fraction of sp³-hybridized carbons (Fsp3) is 0.815. The number of nitrogens with zero attached hydrogens (tertiary/aromatic N) is 4. The number of alkyl carbamates (subject to hydrolysis) is 2. The third-order valence-electron chi connectivity index (χ3n) is 6.30. The van der Waals surface area contributed by atoms with Crippen LogP contribution in [0.5, 0.6) is 0 Å². The molecule has 12 nitrogen and oxygen atoms in total. The summed E-state index contributed by atoms with van der Waals surface area (Å²) in [5, 5.41) is 11.2. The molecule has 1 aromatic rings. The molecule has 2 amide bonds. The Morgan fingerprint density at radius 2 is 1.12 bits per heavy atom. The van der Waals surface area contributed by atoms with Crippen LogP contribution in [-0.2, 0) is 9.47 Å². The summed E-state index contributed by atoms with van der Waals surface area (Å²) in [5.74, 6) is -5.25. The van der Waals surface area contributed by atoms with Crippen LogP contribution in [-0.4, -0.2) is 88.4 Å². The van der Waals surface area contributed by atoms with Gasteiger partial charge < -0.3 is 35.6 Å². The molecule has 0 aromatic carbocycles. The summed E-state index contributed by atoms with van der Waals surface area (Å²) in [6.07, 6.45) is -1.70.